The maximum atomic E-state index is 12.1. The number of imidazole rings is 1. The largest absolute Gasteiger partial charge is 0.303 e. The van der Waals surface area contributed by atoms with E-state index >= 15 is 0 Å². The summed E-state index contributed by atoms with van der Waals surface area (Å²) >= 11 is 0. The van der Waals surface area contributed by atoms with Crippen molar-refractivity contribution in [3.8, 4) is 11.4 Å². The van der Waals surface area contributed by atoms with Crippen molar-refractivity contribution in [2.75, 3.05) is 0 Å². The van der Waals surface area contributed by atoms with E-state index in [9.17, 15) is 4.79 Å². The molecule has 3 rings (SSSR count). The fourth-order valence-electron chi connectivity index (χ4n) is 2.06. The van der Waals surface area contributed by atoms with Crippen LogP contribution in [0.4, 0.5) is 0 Å². The molecule has 5 heteroatoms. The van der Waals surface area contributed by atoms with Crippen LogP contribution in [0.1, 0.15) is 39.2 Å². The van der Waals surface area contributed by atoms with Crippen LogP contribution in [0.25, 0.3) is 16.9 Å². The van der Waals surface area contributed by atoms with Crippen molar-refractivity contribution in [1.29, 1.82) is 0 Å². The molecule has 0 unspecified atom stereocenters. The minimum Gasteiger partial charge on any atom is -0.303 e. The summed E-state index contributed by atoms with van der Waals surface area (Å²) in [5.74, 6) is 1.26. The summed E-state index contributed by atoms with van der Waals surface area (Å²) < 4.78 is 1.59. The first-order chi connectivity index (χ1) is 10.7. The second kappa shape index (κ2) is 8.12. The van der Waals surface area contributed by atoms with E-state index in [2.05, 4.69) is 15.1 Å². The molecule has 0 bridgehead atoms. The molecule has 0 spiro atoms. The van der Waals surface area contributed by atoms with Crippen molar-refractivity contribution in [1.82, 2.24) is 19.6 Å². The fourth-order valence-corrected chi connectivity index (χ4v) is 2.06. The van der Waals surface area contributed by atoms with Gasteiger partial charge in [-0.2, -0.15) is 0 Å². The Balaban J connectivity index is 0.000000561. The van der Waals surface area contributed by atoms with Crippen LogP contribution in [0, 0.1) is 13.8 Å². The number of benzene rings is 1. The van der Waals surface area contributed by atoms with E-state index in [-0.39, 0.29) is 5.56 Å². The summed E-state index contributed by atoms with van der Waals surface area (Å²) in [5, 5.41) is 4.43. The quantitative estimate of drug-likeness (QED) is 0.744. The lowest BCUT2D eigenvalue weighted by Crippen LogP contribution is -2.14. The second-order valence-electron chi connectivity index (χ2n) is 4.17. The van der Waals surface area contributed by atoms with Gasteiger partial charge in [0.15, 0.2) is 11.3 Å². The molecular formula is C17H24N4O. The summed E-state index contributed by atoms with van der Waals surface area (Å²) in [7, 11) is 0. The lowest BCUT2D eigenvalue weighted by molar-refractivity contribution is 0.850. The standard InChI is InChI=1S/C13H12N4O.2C2H6/c1-8-11-13(18)15-12(10-6-4-3-5-7-10)16-17(11)9(2)14-8;2*1-2/h3-7H,1-2H3,(H,15,16,18);2*1-2H3. The van der Waals surface area contributed by atoms with Crippen LogP contribution in [0.3, 0.4) is 0 Å². The van der Waals surface area contributed by atoms with Crippen LogP contribution in [0.5, 0.6) is 0 Å². The van der Waals surface area contributed by atoms with Gasteiger partial charge in [0.25, 0.3) is 5.56 Å². The highest BCUT2D eigenvalue weighted by atomic mass is 16.1. The van der Waals surface area contributed by atoms with Gasteiger partial charge in [0.2, 0.25) is 0 Å². The molecule has 118 valence electrons. The molecule has 1 N–H and O–H groups in total. The SMILES string of the molecule is CC.CC.Cc1nc(C)n2nc(-c3ccccc3)[nH]c(=O)c12. The molecule has 2 aromatic heterocycles. The van der Waals surface area contributed by atoms with Gasteiger partial charge in [-0.05, 0) is 13.8 Å². The highest BCUT2D eigenvalue weighted by Gasteiger charge is 2.11. The molecule has 0 aliphatic rings. The zero-order valence-corrected chi connectivity index (χ0v) is 14.1. The summed E-state index contributed by atoms with van der Waals surface area (Å²) in [6.45, 7) is 11.6. The monoisotopic (exact) mass is 300 g/mol. The summed E-state index contributed by atoms with van der Waals surface area (Å²) in [6.07, 6.45) is 0. The fraction of sp³-hybridized carbons (Fsp3) is 0.353. The van der Waals surface area contributed by atoms with Gasteiger partial charge in [-0.25, -0.2) is 9.50 Å². The number of fused-ring (bicyclic) bond motifs is 1. The topological polar surface area (TPSA) is 63.1 Å². The van der Waals surface area contributed by atoms with Gasteiger partial charge >= 0.3 is 0 Å². The number of H-pyrrole nitrogens is 1. The molecule has 0 saturated carbocycles. The number of hydrogen-bond acceptors (Lipinski definition) is 3. The van der Waals surface area contributed by atoms with Gasteiger partial charge in [-0.15, -0.1) is 5.10 Å². The van der Waals surface area contributed by atoms with Crippen molar-refractivity contribution in [3.63, 3.8) is 0 Å². The normalized spacial score (nSPS) is 9.55. The van der Waals surface area contributed by atoms with Crippen LogP contribution in [0.15, 0.2) is 35.1 Å². The lowest BCUT2D eigenvalue weighted by Gasteiger charge is -2.02. The first-order valence-corrected chi connectivity index (χ1v) is 7.68. The van der Waals surface area contributed by atoms with E-state index in [1.165, 1.54) is 0 Å². The molecule has 2 heterocycles. The van der Waals surface area contributed by atoms with Crippen LogP contribution in [0.2, 0.25) is 0 Å². The Hall–Kier alpha value is -2.43. The molecule has 5 nitrogen and oxygen atoms in total. The van der Waals surface area contributed by atoms with Gasteiger partial charge in [0.05, 0.1) is 5.69 Å². The summed E-state index contributed by atoms with van der Waals surface area (Å²) in [4.78, 5) is 19.1. The Morgan fingerprint density at radius 1 is 1.00 bits per heavy atom. The summed E-state index contributed by atoms with van der Waals surface area (Å²) in [5.41, 5.74) is 1.91. The molecule has 1 aromatic carbocycles. The average Bonchev–Trinajstić information content (AvgIpc) is 2.87. The molecule has 3 aromatic rings. The van der Waals surface area contributed by atoms with Crippen LogP contribution in [-0.4, -0.2) is 19.6 Å². The van der Waals surface area contributed by atoms with E-state index in [1.54, 1.807) is 11.4 Å². The molecule has 0 amide bonds. The van der Waals surface area contributed by atoms with E-state index in [1.807, 2.05) is 65.0 Å². The Labute approximate surface area is 131 Å². The maximum Gasteiger partial charge on any atom is 0.277 e. The molecule has 0 saturated heterocycles. The molecule has 0 aliphatic carbocycles. The van der Waals surface area contributed by atoms with Crippen molar-refractivity contribution >= 4 is 5.52 Å². The molecule has 0 atom stereocenters. The smallest absolute Gasteiger partial charge is 0.277 e. The Morgan fingerprint density at radius 3 is 2.18 bits per heavy atom. The van der Waals surface area contributed by atoms with Gasteiger partial charge < -0.3 is 4.98 Å². The minimum absolute atomic E-state index is 0.165. The van der Waals surface area contributed by atoms with Crippen molar-refractivity contribution < 1.29 is 0 Å². The highest BCUT2D eigenvalue weighted by molar-refractivity contribution is 5.57. The van der Waals surface area contributed by atoms with E-state index in [4.69, 9.17) is 0 Å². The van der Waals surface area contributed by atoms with Crippen molar-refractivity contribution in [2.24, 2.45) is 0 Å². The van der Waals surface area contributed by atoms with Crippen LogP contribution in [-0.2, 0) is 0 Å². The van der Waals surface area contributed by atoms with E-state index in [0.29, 0.717) is 22.9 Å². The zero-order chi connectivity index (χ0) is 16.7. The van der Waals surface area contributed by atoms with E-state index < -0.39 is 0 Å². The predicted molar refractivity (Wildman–Crippen MR) is 91.2 cm³/mol. The van der Waals surface area contributed by atoms with Crippen LogP contribution >= 0.6 is 0 Å². The molecular weight excluding hydrogens is 276 g/mol. The van der Waals surface area contributed by atoms with Crippen molar-refractivity contribution in [3.05, 3.63) is 52.2 Å². The Kier molecular flexibility index (Phi) is 6.50. The number of nitrogens with one attached hydrogen (secondary N) is 1. The van der Waals surface area contributed by atoms with Gasteiger partial charge in [0.1, 0.15) is 5.82 Å². The number of nitrogens with zero attached hydrogens (tertiary/aromatic N) is 3. The Bertz CT molecular complexity index is 772. The van der Waals surface area contributed by atoms with E-state index in [0.717, 1.165) is 5.56 Å². The first kappa shape index (κ1) is 17.6. The van der Waals surface area contributed by atoms with Crippen molar-refractivity contribution in [2.45, 2.75) is 41.5 Å². The van der Waals surface area contributed by atoms with Gasteiger partial charge in [-0.1, -0.05) is 58.0 Å². The maximum absolute atomic E-state index is 12.1. The number of hydrogen-bond donors (Lipinski definition) is 1. The molecule has 0 radical (unpaired) electrons. The zero-order valence-electron chi connectivity index (χ0n) is 14.1. The molecule has 22 heavy (non-hydrogen) atoms. The number of rotatable bonds is 1. The Morgan fingerprint density at radius 2 is 1.59 bits per heavy atom. The highest BCUT2D eigenvalue weighted by Crippen LogP contribution is 2.13. The third kappa shape index (κ3) is 3.42. The minimum atomic E-state index is -0.165. The second-order valence-corrected chi connectivity index (χ2v) is 4.17. The van der Waals surface area contributed by atoms with Gasteiger partial charge in [-0.3, -0.25) is 4.79 Å². The predicted octanol–water partition coefficient (Wildman–Crippen LogP) is 3.75. The van der Waals surface area contributed by atoms with Gasteiger partial charge in [0, 0.05) is 5.56 Å². The number of aromatic nitrogens is 4. The lowest BCUT2D eigenvalue weighted by atomic mass is 10.2. The molecule has 0 aliphatic heterocycles. The number of aromatic amines is 1. The third-order valence-electron chi connectivity index (χ3n) is 2.88. The van der Waals surface area contributed by atoms with Crippen LogP contribution < -0.4 is 5.56 Å². The first-order valence-electron chi connectivity index (χ1n) is 7.68. The average molecular weight is 300 g/mol. The third-order valence-corrected chi connectivity index (χ3v) is 2.88. The number of aryl methyl sites for hydroxylation is 2. The summed E-state index contributed by atoms with van der Waals surface area (Å²) in [6, 6.07) is 9.55. The molecule has 0 fully saturated rings.